The summed E-state index contributed by atoms with van der Waals surface area (Å²) in [5.41, 5.74) is 1.04. The van der Waals surface area contributed by atoms with Crippen molar-refractivity contribution in [2.75, 3.05) is 0 Å². The van der Waals surface area contributed by atoms with Gasteiger partial charge in [0.25, 0.3) is 0 Å². The predicted octanol–water partition coefficient (Wildman–Crippen LogP) is 2.94. The molecule has 2 aromatic rings. The summed E-state index contributed by atoms with van der Waals surface area (Å²) in [5, 5.41) is 0.869. The minimum atomic E-state index is 0.116. The van der Waals surface area contributed by atoms with Crippen molar-refractivity contribution in [3.63, 3.8) is 0 Å². The largest absolute Gasteiger partial charge is 0.286 e. The van der Waals surface area contributed by atoms with Crippen molar-refractivity contribution in [2.45, 2.75) is 11.4 Å². The topological polar surface area (TPSA) is 30.0 Å². The van der Waals surface area contributed by atoms with E-state index in [2.05, 4.69) is 4.98 Å². The molecule has 1 heterocycles. The summed E-state index contributed by atoms with van der Waals surface area (Å²) in [6, 6.07) is 15.3. The predicted molar refractivity (Wildman–Crippen MR) is 65.2 cm³/mol. The van der Waals surface area contributed by atoms with Crippen LogP contribution in [0, 0.1) is 0 Å². The summed E-state index contributed by atoms with van der Waals surface area (Å²) in [6.45, 7) is 0. The van der Waals surface area contributed by atoms with E-state index in [-0.39, 0.29) is 5.12 Å². The smallest absolute Gasteiger partial charge is 0.199 e. The normalized spacial score (nSPS) is 10.0. The van der Waals surface area contributed by atoms with Crippen molar-refractivity contribution >= 4 is 16.9 Å². The lowest BCUT2D eigenvalue weighted by Crippen LogP contribution is -1.97. The van der Waals surface area contributed by atoms with E-state index in [9.17, 15) is 4.79 Å². The number of rotatable bonds is 3. The zero-order chi connectivity index (χ0) is 11.2. The number of carbonyl (C=O) groups excluding carboxylic acids is 1. The van der Waals surface area contributed by atoms with Gasteiger partial charge in [-0.2, -0.15) is 0 Å². The van der Waals surface area contributed by atoms with E-state index in [1.54, 1.807) is 6.20 Å². The fraction of sp³-hybridized carbons (Fsp3) is 0.0769. The van der Waals surface area contributed by atoms with Crippen molar-refractivity contribution in [2.24, 2.45) is 0 Å². The van der Waals surface area contributed by atoms with Crippen molar-refractivity contribution in [1.82, 2.24) is 4.98 Å². The molecule has 3 heteroatoms. The zero-order valence-corrected chi connectivity index (χ0v) is 9.48. The van der Waals surface area contributed by atoms with Gasteiger partial charge in [-0.05, 0) is 29.5 Å². The van der Waals surface area contributed by atoms with Gasteiger partial charge < -0.3 is 0 Å². The van der Waals surface area contributed by atoms with Gasteiger partial charge in [-0.15, -0.1) is 0 Å². The molecule has 80 valence electrons. The van der Waals surface area contributed by atoms with Crippen LogP contribution in [0.2, 0.25) is 0 Å². The van der Waals surface area contributed by atoms with Gasteiger partial charge in [0, 0.05) is 12.6 Å². The van der Waals surface area contributed by atoms with Crippen molar-refractivity contribution in [3.05, 3.63) is 60.3 Å². The van der Waals surface area contributed by atoms with Gasteiger partial charge in [0.05, 0.1) is 0 Å². The van der Waals surface area contributed by atoms with E-state index in [1.807, 2.05) is 48.5 Å². The van der Waals surface area contributed by atoms with Crippen LogP contribution >= 0.6 is 11.8 Å². The highest BCUT2D eigenvalue weighted by molar-refractivity contribution is 8.13. The van der Waals surface area contributed by atoms with Gasteiger partial charge in [-0.25, -0.2) is 4.98 Å². The van der Waals surface area contributed by atoms with Gasteiger partial charge in [-0.3, -0.25) is 4.79 Å². The maximum atomic E-state index is 11.7. The average Bonchev–Trinajstić information content (AvgIpc) is 2.31. The fourth-order valence-corrected chi connectivity index (χ4v) is 2.05. The molecule has 0 bridgehead atoms. The minimum absolute atomic E-state index is 0.116. The molecule has 0 aliphatic carbocycles. The van der Waals surface area contributed by atoms with E-state index < -0.39 is 0 Å². The molecule has 0 aliphatic heterocycles. The third-order valence-electron chi connectivity index (χ3n) is 2.05. The Kier molecular flexibility index (Phi) is 3.72. The first-order valence-corrected chi connectivity index (χ1v) is 5.82. The quantitative estimate of drug-likeness (QED) is 0.758. The van der Waals surface area contributed by atoms with E-state index in [0.29, 0.717) is 6.42 Å². The van der Waals surface area contributed by atoms with Crippen molar-refractivity contribution in [3.8, 4) is 0 Å². The SMILES string of the molecule is O=C(Cc1ccccc1)Sc1ccccn1. The second-order valence-electron chi connectivity index (χ2n) is 3.30. The Balaban J connectivity index is 1.95. The number of nitrogens with zero attached hydrogens (tertiary/aromatic N) is 1. The Morgan fingerprint density at radius 2 is 1.81 bits per heavy atom. The number of hydrogen-bond acceptors (Lipinski definition) is 3. The van der Waals surface area contributed by atoms with Crippen LogP contribution in [0.25, 0.3) is 0 Å². The molecule has 0 spiro atoms. The Morgan fingerprint density at radius 1 is 1.06 bits per heavy atom. The molecule has 0 radical (unpaired) electrons. The summed E-state index contributed by atoms with van der Waals surface area (Å²) in [4.78, 5) is 15.8. The average molecular weight is 229 g/mol. The van der Waals surface area contributed by atoms with Crippen molar-refractivity contribution < 1.29 is 4.79 Å². The molecule has 2 nitrogen and oxygen atoms in total. The number of carbonyl (C=O) groups is 1. The van der Waals surface area contributed by atoms with Gasteiger partial charge in [-0.1, -0.05) is 36.4 Å². The third-order valence-corrected chi connectivity index (χ3v) is 2.87. The standard InChI is InChI=1S/C13H11NOS/c15-13(10-11-6-2-1-3-7-11)16-12-8-4-5-9-14-12/h1-9H,10H2. The molecular formula is C13H11NOS. The zero-order valence-electron chi connectivity index (χ0n) is 8.67. The molecule has 0 amide bonds. The maximum absolute atomic E-state index is 11.7. The lowest BCUT2D eigenvalue weighted by Gasteiger charge is -2.00. The molecule has 1 aromatic carbocycles. The molecule has 0 saturated heterocycles. The summed E-state index contributed by atoms with van der Waals surface area (Å²) in [6.07, 6.45) is 2.14. The lowest BCUT2D eigenvalue weighted by molar-refractivity contribution is -0.110. The highest BCUT2D eigenvalue weighted by Gasteiger charge is 2.06. The first kappa shape index (κ1) is 10.9. The first-order chi connectivity index (χ1) is 7.84. The second-order valence-corrected chi connectivity index (χ2v) is 4.38. The summed E-state index contributed by atoms with van der Waals surface area (Å²) < 4.78 is 0. The molecule has 0 atom stereocenters. The molecule has 16 heavy (non-hydrogen) atoms. The summed E-state index contributed by atoms with van der Waals surface area (Å²) in [5.74, 6) is 0. The van der Waals surface area contributed by atoms with Crippen molar-refractivity contribution in [1.29, 1.82) is 0 Å². The molecule has 0 N–H and O–H groups in total. The Morgan fingerprint density at radius 3 is 2.50 bits per heavy atom. The Hall–Kier alpha value is -1.61. The monoisotopic (exact) mass is 229 g/mol. The number of aromatic nitrogens is 1. The number of benzene rings is 1. The van der Waals surface area contributed by atoms with Crippen LogP contribution in [-0.4, -0.2) is 10.1 Å². The molecule has 0 saturated carbocycles. The van der Waals surface area contributed by atoms with E-state index in [4.69, 9.17) is 0 Å². The van der Waals surface area contributed by atoms with Crippen LogP contribution in [0.4, 0.5) is 0 Å². The highest BCUT2D eigenvalue weighted by atomic mass is 32.2. The Bertz CT molecular complexity index is 412. The lowest BCUT2D eigenvalue weighted by atomic mass is 10.2. The molecule has 0 fully saturated rings. The van der Waals surface area contributed by atoms with Crippen LogP contribution in [0.5, 0.6) is 0 Å². The van der Waals surface area contributed by atoms with Gasteiger partial charge >= 0.3 is 0 Å². The maximum Gasteiger partial charge on any atom is 0.199 e. The first-order valence-electron chi connectivity index (χ1n) is 5.00. The van der Waals surface area contributed by atoms with Gasteiger partial charge in [0.2, 0.25) is 0 Å². The van der Waals surface area contributed by atoms with E-state index in [0.717, 1.165) is 10.6 Å². The summed E-state index contributed by atoms with van der Waals surface area (Å²) >= 11 is 1.19. The van der Waals surface area contributed by atoms with Crippen LogP contribution in [-0.2, 0) is 11.2 Å². The molecule has 0 aliphatic rings. The van der Waals surface area contributed by atoms with Crippen LogP contribution in [0.15, 0.2) is 59.8 Å². The number of thioether (sulfide) groups is 1. The minimum Gasteiger partial charge on any atom is -0.286 e. The third kappa shape index (κ3) is 3.21. The van der Waals surface area contributed by atoms with Crippen LogP contribution in [0.3, 0.4) is 0 Å². The van der Waals surface area contributed by atoms with Crippen LogP contribution < -0.4 is 0 Å². The van der Waals surface area contributed by atoms with E-state index >= 15 is 0 Å². The van der Waals surface area contributed by atoms with Gasteiger partial charge in [0.1, 0.15) is 5.03 Å². The molecule has 2 rings (SSSR count). The molecular weight excluding hydrogens is 218 g/mol. The summed E-state index contributed by atoms with van der Waals surface area (Å²) in [7, 11) is 0. The Labute approximate surface area is 98.7 Å². The fourth-order valence-electron chi connectivity index (χ4n) is 1.32. The van der Waals surface area contributed by atoms with Gasteiger partial charge in [0.15, 0.2) is 5.12 Å². The number of pyridine rings is 1. The second kappa shape index (κ2) is 5.47. The number of hydrogen-bond donors (Lipinski definition) is 0. The van der Waals surface area contributed by atoms with Crippen LogP contribution in [0.1, 0.15) is 5.56 Å². The molecule has 0 unspecified atom stereocenters. The van der Waals surface area contributed by atoms with E-state index in [1.165, 1.54) is 11.8 Å². The molecule has 1 aromatic heterocycles. The highest BCUT2D eigenvalue weighted by Crippen LogP contribution is 2.17.